The first kappa shape index (κ1) is 19.1. The fourth-order valence-corrected chi connectivity index (χ4v) is 3.39. The molecule has 3 aromatic rings. The zero-order valence-electron chi connectivity index (χ0n) is 15.7. The number of thiazole rings is 1. The van der Waals surface area contributed by atoms with E-state index >= 15 is 0 Å². The molecule has 0 bridgehead atoms. The van der Waals surface area contributed by atoms with Crippen LogP contribution in [0.5, 0.6) is 5.75 Å². The predicted molar refractivity (Wildman–Crippen MR) is 110 cm³/mol. The lowest BCUT2D eigenvalue weighted by Crippen LogP contribution is -2.14. The van der Waals surface area contributed by atoms with Crippen molar-refractivity contribution in [2.45, 2.75) is 39.7 Å². The second kappa shape index (κ2) is 9.33. The molecular formula is C22H24N2O2S. The molecule has 27 heavy (non-hydrogen) atoms. The SMILES string of the molecule is CCCc1ccc(NC(=O)Cc2csc(COc3ccc(C)cc3)n2)cc1. The lowest BCUT2D eigenvalue weighted by molar-refractivity contribution is -0.115. The van der Waals surface area contributed by atoms with Gasteiger partial charge in [-0.25, -0.2) is 4.98 Å². The van der Waals surface area contributed by atoms with E-state index in [1.165, 1.54) is 22.5 Å². The molecule has 1 N–H and O–H groups in total. The molecule has 0 radical (unpaired) electrons. The Morgan fingerprint density at radius 3 is 2.56 bits per heavy atom. The highest BCUT2D eigenvalue weighted by molar-refractivity contribution is 7.09. The number of hydrogen-bond acceptors (Lipinski definition) is 4. The van der Waals surface area contributed by atoms with Gasteiger partial charge in [-0.05, 0) is 43.2 Å². The summed E-state index contributed by atoms with van der Waals surface area (Å²) in [5, 5.41) is 5.70. The van der Waals surface area contributed by atoms with E-state index in [1.807, 2.05) is 48.7 Å². The molecule has 0 unspecified atom stereocenters. The normalized spacial score (nSPS) is 10.6. The first-order valence-electron chi connectivity index (χ1n) is 9.14. The second-order valence-electron chi connectivity index (χ2n) is 6.51. The number of anilines is 1. The first-order valence-corrected chi connectivity index (χ1v) is 10.0. The van der Waals surface area contributed by atoms with Crippen molar-refractivity contribution < 1.29 is 9.53 Å². The van der Waals surface area contributed by atoms with E-state index in [-0.39, 0.29) is 12.3 Å². The third-order valence-electron chi connectivity index (χ3n) is 4.10. The largest absolute Gasteiger partial charge is 0.486 e. The summed E-state index contributed by atoms with van der Waals surface area (Å²) in [7, 11) is 0. The van der Waals surface area contributed by atoms with E-state index in [0.29, 0.717) is 6.61 Å². The molecule has 3 rings (SSSR count). The van der Waals surface area contributed by atoms with Gasteiger partial charge in [-0.2, -0.15) is 0 Å². The molecule has 1 heterocycles. The van der Waals surface area contributed by atoms with Crippen molar-refractivity contribution in [2.24, 2.45) is 0 Å². The summed E-state index contributed by atoms with van der Waals surface area (Å²) >= 11 is 1.51. The monoisotopic (exact) mass is 380 g/mol. The summed E-state index contributed by atoms with van der Waals surface area (Å²) in [6.45, 7) is 4.61. The third-order valence-corrected chi connectivity index (χ3v) is 4.97. The minimum Gasteiger partial charge on any atom is -0.486 e. The number of rotatable bonds is 8. The minimum absolute atomic E-state index is 0.0606. The molecule has 0 saturated heterocycles. The van der Waals surface area contributed by atoms with Crippen LogP contribution >= 0.6 is 11.3 Å². The van der Waals surface area contributed by atoms with Crippen molar-refractivity contribution in [3.8, 4) is 5.75 Å². The maximum Gasteiger partial charge on any atom is 0.230 e. The van der Waals surface area contributed by atoms with Crippen LogP contribution in [-0.4, -0.2) is 10.9 Å². The summed E-state index contributed by atoms with van der Waals surface area (Å²) in [6.07, 6.45) is 2.43. The van der Waals surface area contributed by atoms with Gasteiger partial charge in [0.15, 0.2) is 0 Å². The lowest BCUT2D eigenvalue weighted by atomic mass is 10.1. The number of aromatic nitrogens is 1. The predicted octanol–water partition coefficient (Wildman–Crippen LogP) is 5.16. The Labute approximate surface area is 164 Å². The first-order chi connectivity index (χ1) is 13.1. The Balaban J connectivity index is 1.49. The van der Waals surface area contributed by atoms with Gasteiger partial charge in [0.05, 0.1) is 12.1 Å². The van der Waals surface area contributed by atoms with Crippen molar-refractivity contribution in [2.75, 3.05) is 5.32 Å². The second-order valence-corrected chi connectivity index (χ2v) is 7.45. The number of carbonyl (C=O) groups is 1. The van der Waals surface area contributed by atoms with Crippen molar-refractivity contribution in [3.05, 3.63) is 75.7 Å². The molecule has 4 nitrogen and oxygen atoms in total. The van der Waals surface area contributed by atoms with Crippen LogP contribution in [0.3, 0.4) is 0 Å². The van der Waals surface area contributed by atoms with Crippen LogP contribution in [0.1, 0.15) is 35.2 Å². The van der Waals surface area contributed by atoms with Crippen molar-refractivity contribution in [3.63, 3.8) is 0 Å². The molecule has 2 aromatic carbocycles. The van der Waals surface area contributed by atoms with Crippen LogP contribution in [0.15, 0.2) is 53.9 Å². The van der Waals surface area contributed by atoms with Crippen molar-refractivity contribution >= 4 is 22.9 Å². The van der Waals surface area contributed by atoms with Crippen LogP contribution < -0.4 is 10.1 Å². The quantitative estimate of drug-likeness (QED) is 0.587. The van der Waals surface area contributed by atoms with Gasteiger partial charge in [-0.1, -0.05) is 43.2 Å². The van der Waals surface area contributed by atoms with E-state index in [0.717, 1.165) is 35.0 Å². The number of amides is 1. The van der Waals surface area contributed by atoms with Crippen LogP contribution in [0.4, 0.5) is 5.69 Å². The Morgan fingerprint density at radius 1 is 1.11 bits per heavy atom. The maximum atomic E-state index is 12.2. The van der Waals surface area contributed by atoms with Crippen molar-refractivity contribution in [1.29, 1.82) is 0 Å². The smallest absolute Gasteiger partial charge is 0.230 e. The Kier molecular flexibility index (Phi) is 6.60. The van der Waals surface area contributed by atoms with E-state index < -0.39 is 0 Å². The number of nitrogens with zero attached hydrogens (tertiary/aromatic N) is 1. The lowest BCUT2D eigenvalue weighted by Gasteiger charge is -2.05. The summed E-state index contributed by atoms with van der Waals surface area (Å²) in [6, 6.07) is 15.9. The Bertz CT molecular complexity index is 870. The number of carbonyl (C=O) groups excluding carboxylic acids is 1. The zero-order chi connectivity index (χ0) is 19.1. The molecule has 0 aliphatic rings. The van der Waals surface area contributed by atoms with E-state index in [2.05, 4.69) is 29.4 Å². The average molecular weight is 381 g/mol. The molecule has 0 fully saturated rings. The molecule has 0 atom stereocenters. The van der Waals surface area contributed by atoms with Gasteiger partial charge in [0, 0.05) is 11.1 Å². The van der Waals surface area contributed by atoms with Gasteiger partial charge in [0.2, 0.25) is 5.91 Å². The highest BCUT2D eigenvalue weighted by Gasteiger charge is 2.09. The Morgan fingerprint density at radius 2 is 1.85 bits per heavy atom. The highest BCUT2D eigenvalue weighted by atomic mass is 32.1. The van der Waals surface area contributed by atoms with Crippen LogP contribution in [-0.2, 0) is 24.2 Å². The van der Waals surface area contributed by atoms with Gasteiger partial charge in [-0.15, -0.1) is 11.3 Å². The molecular weight excluding hydrogens is 356 g/mol. The molecule has 0 spiro atoms. The summed E-state index contributed by atoms with van der Waals surface area (Å²) in [5.74, 6) is 0.760. The van der Waals surface area contributed by atoms with Gasteiger partial charge in [0.1, 0.15) is 17.4 Å². The van der Waals surface area contributed by atoms with E-state index in [9.17, 15) is 4.79 Å². The van der Waals surface area contributed by atoms with Gasteiger partial charge in [-0.3, -0.25) is 4.79 Å². The number of aryl methyl sites for hydroxylation is 2. The number of hydrogen-bond donors (Lipinski definition) is 1. The van der Waals surface area contributed by atoms with Crippen LogP contribution in [0.2, 0.25) is 0 Å². The van der Waals surface area contributed by atoms with Crippen LogP contribution in [0, 0.1) is 6.92 Å². The van der Waals surface area contributed by atoms with E-state index in [1.54, 1.807) is 0 Å². The van der Waals surface area contributed by atoms with Crippen molar-refractivity contribution in [1.82, 2.24) is 4.98 Å². The minimum atomic E-state index is -0.0606. The highest BCUT2D eigenvalue weighted by Crippen LogP contribution is 2.17. The number of benzene rings is 2. The Hall–Kier alpha value is -2.66. The average Bonchev–Trinajstić information content (AvgIpc) is 3.10. The third kappa shape index (κ3) is 5.93. The molecule has 0 saturated carbocycles. The van der Waals surface area contributed by atoms with Gasteiger partial charge >= 0.3 is 0 Å². The number of ether oxygens (including phenoxy) is 1. The van der Waals surface area contributed by atoms with Gasteiger partial charge < -0.3 is 10.1 Å². The van der Waals surface area contributed by atoms with E-state index in [4.69, 9.17) is 4.74 Å². The summed E-state index contributed by atoms with van der Waals surface area (Å²) < 4.78 is 5.74. The number of nitrogens with one attached hydrogen (secondary N) is 1. The maximum absolute atomic E-state index is 12.2. The standard InChI is InChI=1S/C22H24N2O2S/c1-3-4-17-7-9-18(10-8-17)23-21(25)13-19-15-27-22(24-19)14-26-20-11-5-16(2)6-12-20/h5-12,15H,3-4,13-14H2,1-2H3,(H,23,25). The molecule has 1 amide bonds. The summed E-state index contributed by atoms with van der Waals surface area (Å²) in [4.78, 5) is 16.7. The van der Waals surface area contributed by atoms with Crippen LogP contribution in [0.25, 0.3) is 0 Å². The zero-order valence-corrected chi connectivity index (χ0v) is 16.5. The molecule has 0 aliphatic carbocycles. The topological polar surface area (TPSA) is 51.2 Å². The van der Waals surface area contributed by atoms with Gasteiger partial charge in [0.25, 0.3) is 0 Å². The molecule has 140 valence electrons. The fraction of sp³-hybridized carbons (Fsp3) is 0.273. The fourth-order valence-electron chi connectivity index (χ4n) is 2.69. The molecule has 1 aromatic heterocycles. The molecule has 5 heteroatoms. The molecule has 0 aliphatic heterocycles. The summed E-state index contributed by atoms with van der Waals surface area (Å²) in [5.41, 5.74) is 4.07.